The van der Waals surface area contributed by atoms with Gasteiger partial charge in [0, 0.05) is 0 Å². The Morgan fingerprint density at radius 2 is 0.786 bits per heavy atom. The van der Waals surface area contributed by atoms with Crippen LogP contribution in [0.1, 0.15) is 101 Å². The fraction of sp³-hybridized carbons (Fsp3) is 0.375. The van der Waals surface area contributed by atoms with Gasteiger partial charge >= 0.3 is 59.1 Å². The molecule has 42 heavy (non-hydrogen) atoms. The van der Waals surface area contributed by atoms with Gasteiger partial charge in [0.05, 0.1) is 9.79 Å². The summed E-state index contributed by atoms with van der Waals surface area (Å²) in [6.45, 7) is 15.7. The Bertz CT molecular complexity index is 1630. The van der Waals surface area contributed by atoms with E-state index in [1.54, 1.807) is 24.3 Å². The van der Waals surface area contributed by atoms with Gasteiger partial charge in [0.2, 0.25) is 0 Å². The Kier molecular flexibility index (Phi) is 14.5. The standard InChI is InChI=1S/2C16H20O3S.2Na/c2*1-10(2)14-9-12-7-5-6-8-13(12)16(20(17,18)19)15(14)11(3)4;;/h2*5-11H,1-4H3,(H,17,18,19);;/q;;2*+1/p-2. The molecule has 0 unspecified atom stereocenters. The van der Waals surface area contributed by atoms with Gasteiger partial charge in [0.25, 0.3) is 0 Å². The Morgan fingerprint density at radius 3 is 1.02 bits per heavy atom. The Hall–Kier alpha value is -0.780. The van der Waals surface area contributed by atoms with Gasteiger partial charge in [-0.25, -0.2) is 16.8 Å². The maximum absolute atomic E-state index is 11.8. The molecular formula is C32H38Na2O6S2. The summed E-state index contributed by atoms with van der Waals surface area (Å²) in [4.78, 5) is -0.0939. The van der Waals surface area contributed by atoms with Crippen molar-refractivity contribution in [3.8, 4) is 0 Å². The average molecular weight is 629 g/mol. The second kappa shape index (κ2) is 15.5. The third-order valence-electron chi connectivity index (χ3n) is 7.04. The van der Waals surface area contributed by atoms with Crippen LogP contribution in [0, 0.1) is 0 Å². The molecule has 4 aromatic rings. The zero-order chi connectivity index (χ0) is 30.2. The first-order valence-electron chi connectivity index (χ1n) is 13.5. The molecule has 0 aliphatic carbocycles. The van der Waals surface area contributed by atoms with E-state index in [0.29, 0.717) is 21.9 Å². The van der Waals surface area contributed by atoms with Crippen molar-refractivity contribution in [2.45, 2.75) is 88.9 Å². The van der Waals surface area contributed by atoms with Crippen LogP contribution in [0.15, 0.2) is 70.5 Å². The van der Waals surface area contributed by atoms with Crippen molar-refractivity contribution in [1.29, 1.82) is 0 Å². The second-order valence-electron chi connectivity index (χ2n) is 11.4. The fourth-order valence-electron chi connectivity index (χ4n) is 5.39. The first-order valence-corrected chi connectivity index (χ1v) is 16.3. The van der Waals surface area contributed by atoms with Crippen LogP contribution in [0.2, 0.25) is 0 Å². The maximum Gasteiger partial charge on any atom is 1.00 e. The van der Waals surface area contributed by atoms with Crippen LogP contribution >= 0.6 is 0 Å². The van der Waals surface area contributed by atoms with Crippen molar-refractivity contribution in [3.63, 3.8) is 0 Å². The number of fused-ring (bicyclic) bond motifs is 2. The summed E-state index contributed by atoms with van der Waals surface area (Å²) in [7, 11) is -9.02. The van der Waals surface area contributed by atoms with E-state index in [9.17, 15) is 25.9 Å². The Labute approximate surface area is 295 Å². The van der Waals surface area contributed by atoms with Gasteiger partial charge in [-0.15, -0.1) is 0 Å². The van der Waals surface area contributed by atoms with Crippen LogP contribution in [-0.2, 0) is 20.2 Å². The van der Waals surface area contributed by atoms with E-state index < -0.39 is 20.2 Å². The second-order valence-corrected chi connectivity index (χ2v) is 14.0. The largest absolute Gasteiger partial charge is 1.00 e. The Balaban J connectivity index is 0.000000401. The van der Waals surface area contributed by atoms with Crippen molar-refractivity contribution in [2.24, 2.45) is 0 Å². The van der Waals surface area contributed by atoms with Crippen LogP contribution in [0.4, 0.5) is 0 Å². The molecule has 0 aliphatic heterocycles. The number of rotatable bonds is 6. The minimum Gasteiger partial charge on any atom is -0.744 e. The third kappa shape index (κ3) is 8.68. The molecule has 0 saturated carbocycles. The molecule has 0 atom stereocenters. The van der Waals surface area contributed by atoms with Crippen molar-refractivity contribution in [1.82, 2.24) is 0 Å². The first kappa shape index (κ1) is 39.2. The maximum atomic E-state index is 11.8. The molecule has 0 N–H and O–H groups in total. The normalized spacial score (nSPS) is 12.0. The molecule has 0 bridgehead atoms. The molecule has 0 amide bonds. The number of benzene rings is 4. The monoisotopic (exact) mass is 628 g/mol. The van der Waals surface area contributed by atoms with E-state index in [1.165, 1.54) is 0 Å². The summed E-state index contributed by atoms with van der Waals surface area (Å²) in [5.41, 5.74) is 3.20. The third-order valence-corrected chi connectivity index (χ3v) is 8.92. The van der Waals surface area contributed by atoms with E-state index in [0.717, 1.165) is 21.9 Å². The summed E-state index contributed by atoms with van der Waals surface area (Å²) in [6.07, 6.45) is 0. The van der Waals surface area contributed by atoms with Gasteiger partial charge in [-0.3, -0.25) is 0 Å². The zero-order valence-corrected chi connectivity index (χ0v) is 32.0. The number of hydrogen-bond acceptors (Lipinski definition) is 6. The van der Waals surface area contributed by atoms with E-state index >= 15 is 0 Å². The minimum atomic E-state index is -4.51. The van der Waals surface area contributed by atoms with Crippen LogP contribution in [0.25, 0.3) is 21.5 Å². The molecule has 0 fully saturated rings. The molecule has 0 radical (unpaired) electrons. The average Bonchev–Trinajstić information content (AvgIpc) is 2.85. The van der Waals surface area contributed by atoms with Gasteiger partial charge in [-0.1, -0.05) is 116 Å². The molecule has 10 heteroatoms. The number of hydrogen-bond donors (Lipinski definition) is 0. The van der Waals surface area contributed by atoms with E-state index in [4.69, 9.17) is 0 Å². The summed E-state index contributed by atoms with van der Waals surface area (Å²) in [5, 5.41) is 2.65. The molecule has 0 aromatic heterocycles. The molecule has 0 aliphatic rings. The van der Waals surface area contributed by atoms with Gasteiger partial charge < -0.3 is 9.11 Å². The van der Waals surface area contributed by atoms with Crippen molar-refractivity contribution in [3.05, 3.63) is 82.9 Å². The molecular weight excluding hydrogens is 590 g/mol. The zero-order valence-electron chi connectivity index (χ0n) is 26.3. The molecule has 0 saturated heterocycles. The Morgan fingerprint density at radius 1 is 0.500 bits per heavy atom. The molecule has 0 heterocycles. The summed E-state index contributed by atoms with van der Waals surface area (Å²) >= 11 is 0. The van der Waals surface area contributed by atoms with Crippen LogP contribution < -0.4 is 59.1 Å². The van der Waals surface area contributed by atoms with Gasteiger partial charge in [0.1, 0.15) is 20.2 Å². The van der Waals surface area contributed by atoms with Crippen molar-refractivity contribution in [2.75, 3.05) is 0 Å². The SMILES string of the molecule is CC(C)c1cc2ccccc2c(S(=O)(=O)[O-])c1C(C)C.CC(C)c1cc2ccccc2c(S(=O)(=O)[O-])c1C(C)C.[Na+].[Na+]. The molecule has 216 valence electrons. The van der Waals surface area contributed by atoms with E-state index in [2.05, 4.69) is 0 Å². The first-order chi connectivity index (χ1) is 18.5. The minimum absolute atomic E-state index is 0. The summed E-state index contributed by atoms with van der Waals surface area (Å²) in [6, 6.07) is 18.3. The predicted molar refractivity (Wildman–Crippen MR) is 160 cm³/mol. The molecule has 0 spiro atoms. The molecule has 6 nitrogen and oxygen atoms in total. The summed E-state index contributed by atoms with van der Waals surface area (Å²) < 4.78 is 70.7. The quantitative estimate of drug-likeness (QED) is 0.238. The molecule has 4 rings (SSSR count). The van der Waals surface area contributed by atoms with Crippen molar-refractivity contribution >= 4 is 41.8 Å². The van der Waals surface area contributed by atoms with E-state index in [-0.39, 0.29) is 92.6 Å². The van der Waals surface area contributed by atoms with Gasteiger partial charge in [0.15, 0.2) is 0 Å². The van der Waals surface area contributed by atoms with Crippen LogP contribution in [0.3, 0.4) is 0 Å². The fourth-order valence-corrected chi connectivity index (χ4v) is 7.54. The smallest absolute Gasteiger partial charge is 0.744 e. The predicted octanol–water partition coefficient (Wildman–Crippen LogP) is 1.99. The van der Waals surface area contributed by atoms with Crippen LogP contribution in [0.5, 0.6) is 0 Å². The topological polar surface area (TPSA) is 114 Å². The van der Waals surface area contributed by atoms with E-state index in [1.807, 2.05) is 91.8 Å². The summed E-state index contributed by atoms with van der Waals surface area (Å²) in [5.74, 6) is 0.293. The van der Waals surface area contributed by atoms with Gasteiger partial charge in [-0.05, 0) is 67.5 Å². The molecule has 4 aromatic carbocycles. The van der Waals surface area contributed by atoms with Crippen molar-refractivity contribution < 1.29 is 85.1 Å². The van der Waals surface area contributed by atoms with Gasteiger partial charge in [-0.2, -0.15) is 0 Å². The van der Waals surface area contributed by atoms with Crippen LogP contribution in [-0.4, -0.2) is 25.9 Å².